The Morgan fingerprint density at radius 1 is 1.60 bits per heavy atom. The highest BCUT2D eigenvalue weighted by Gasteiger charge is 2.21. The summed E-state index contributed by atoms with van der Waals surface area (Å²) in [4.78, 5) is 14.5. The summed E-state index contributed by atoms with van der Waals surface area (Å²) in [6, 6.07) is 1.17. The second-order valence-corrected chi connectivity index (χ2v) is 3.13. The summed E-state index contributed by atoms with van der Waals surface area (Å²) in [5.41, 5.74) is -0.656. The minimum atomic E-state index is -2.84. The molecule has 0 saturated carbocycles. The number of methoxy groups -OCH3 is 1. The SMILES string of the molecule is COc1cc(C(=O)Cl)c(C(F)F)nc1C. The van der Waals surface area contributed by atoms with Crippen molar-refractivity contribution in [3.05, 3.63) is 23.0 Å². The van der Waals surface area contributed by atoms with Crippen molar-refractivity contribution < 1.29 is 18.3 Å². The van der Waals surface area contributed by atoms with E-state index in [1.54, 1.807) is 0 Å². The standard InChI is InChI=1S/C9H8ClF2NO2/c1-4-6(15-2)3-5(8(10)14)7(13-4)9(11)12/h3,9H,1-2H3. The highest BCUT2D eigenvalue weighted by Crippen LogP contribution is 2.27. The molecule has 1 heterocycles. The second-order valence-electron chi connectivity index (χ2n) is 2.78. The van der Waals surface area contributed by atoms with Gasteiger partial charge in [0.15, 0.2) is 0 Å². The van der Waals surface area contributed by atoms with Gasteiger partial charge in [0.1, 0.15) is 11.4 Å². The topological polar surface area (TPSA) is 39.2 Å². The third kappa shape index (κ3) is 2.41. The van der Waals surface area contributed by atoms with Crippen LogP contribution in [0.25, 0.3) is 0 Å². The van der Waals surface area contributed by atoms with Gasteiger partial charge >= 0.3 is 0 Å². The van der Waals surface area contributed by atoms with Crippen molar-refractivity contribution in [1.82, 2.24) is 4.98 Å². The summed E-state index contributed by atoms with van der Waals surface area (Å²) < 4.78 is 29.8. The second kappa shape index (κ2) is 4.53. The van der Waals surface area contributed by atoms with Crippen LogP contribution in [-0.4, -0.2) is 17.3 Å². The van der Waals surface area contributed by atoms with E-state index >= 15 is 0 Å². The molecule has 0 N–H and O–H groups in total. The molecule has 1 aromatic heterocycles. The smallest absolute Gasteiger partial charge is 0.281 e. The number of carbonyl (C=O) groups excluding carboxylic acids is 1. The van der Waals surface area contributed by atoms with Crippen LogP contribution in [0, 0.1) is 6.92 Å². The molecule has 6 heteroatoms. The number of carbonyl (C=O) groups is 1. The van der Waals surface area contributed by atoms with Crippen molar-refractivity contribution in [2.75, 3.05) is 7.11 Å². The summed E-state index contributed by atoms with van der Waals surface area (Å²) in [7, 11) is 1.36. The first-order chi connectivity index (χ1) is 6.97. The van der Waals surface area contributed by atoms with Gasteiger partial charge < -0.3 is 4.74 Å². The molecule has 0 atom stereocenters. The molecule has 0 aliphatic rings. The molecule has 1 rings (SSSR count). The Hall–Kier alpha value is -1.23. The van der Waals surface area contributed by atoms with E-state index in [0.717, 1.165) is 0 Å². The van der Waals surface area contributed by atoms with Gasteiger partial charge in [-0.3, -0.25) is 4.79 Å². The van der Waals surface area contributed by atoms with E-state index in [2.05, 4.69) is 4.98 Å². The lowest BCUT2D eigenvalue weighted by atomic mass is 10.2. The van der Waals surface area contributed by atoms with Gasteiger partial charge in [0, 0.05) is 0 Å². The van der Waals surface area contributed by atoms with Crippen LogP contribution in [0.5, 0.6) is 5.75 Å². The molecule has 0 aliphatic heterocycles. The molecule has 15 heavy (non-hydrogen) atoms. The minimum Gasteiger partial charge on any atom is -0.495 e. The van der Waals surface area contributed by atoms with Gasteiger partial charge in [-0.25, -0.2) is 13.8 Å². The molecule has 0 aliphatic carbocycles. The lowest BCUT2D eigenvalue weighted by Gasteiger charge is -2.09. The van der Waals surface area contributed by atoms with Crippen LogP contribution < -0.4 is 4.74 Å². The maximum atomic E-state index is 12.5. The Morgan fingerprint density at radius 2 is 2.20 bits per heavy atom. The molecule has 0 amide bonds. The van der Waals surface area contributed by atoms with Crippen molar-refractivity contribution >= 4 is 16.8 Å². The van der Waals surface area contributed by atoms with Gasteiger partial charge in [-0.05, 0) is 24.6 Å². The molecule has 0 unspecified atom stereocenters. The molecule has 82 valence electrons. The van der Waals surface area contributed by atoms with E-state index in [0.29, 0.717) is 0 Å². The number of aromatic nitrogens is 1. The fraction of sp³-hybridized carbons (Fsp3) is 0.333. The Morgan fingerprint density at radius 3 is 2.60 bits per heavy atom. The molecule has 3 nitrogen and oxygen atoms in total. The molecule has 1 aromatic rings. The zero-order chi connectivity index (χ0) is 11.6. The normalized spacial score (nSPS) is 10.5. The number of nitrogens with zero attached hydrogens (tertiary/aromatic N) is 1. The van der Waals surface area contributed by atoms with Crippen molar-refractivity contribution in [3.8, 4) is 5.75 Å². The van der Waals surface area contributed by atoms with Crippen molar-refractivity contribution in [2.45, 2.75) is 13.3 Å². The zero-order valence-corrected chi connectivity index (χ0v) is 8.81. The average molecular weight is 236 g/mol. The van der Waals surface area contributed by atoms with Crippen LogP contribution in [0.2, 0.25) is 0 Å². The van der Waals surface area contributed by atoms with Crippen molar-refractivity contribution in [3.63, 3.8) is 0 Å². The van der Waals surface area contributed by atoms with Crippen LogP contribution in [0.15, 0.2) is 6.07 Å². The molecule has 0 spiro atoms. The number of hydrogen-bond donors (Lipinski definition) is 0. The summed E-state index contributed by atoms with van der Waals surface area (Å²) >= 11 is 5.17. The van der Waals surface area contributed by atoms with Gasteiger partial charge in [-0.1, -0.05) is 0 Å². The van der Waals surface area contributed by atoms with Gasteiger partial charge in [0.2, 0.25) is 0 Å². The third-order valence-electron chi connectivity index (χ3n) is 1.83. The van der Waals surface area contributed by atoms with E-state index in [4.69, 9.17) is 16.3 Å². The van der Waals surface area contributed by atoms with E-state index < -0.39 is 17.4 Å². The number of aryl methyl sites for hydroxylation is 1. The highest BCUT2D eigenvalue weighted by atomic mass is 35.5. The zero-order valence-electron chi connectivity index (χ0n) is 8.05. The van der Waals surface area contributed by atoms with Crippen LogP contribution >= 0.6 is 11.6 Å². The van der Waals surface area contributed by atoms with Gasteiger partial charge in [-0.15, -0.1) is 0 Å². The van der Waals surface area contributed by atoms with Crippen LogP contribution in [0.1, 0.15) is 28.2 Å². The molecular weight excluding hydrogens is 228 g/mol. The number of alkyl halides is 2. The minimum absolute atomic E-state index is 0.253. The molecule has 0 saturated heterocycles. The summed E-state index contributed by atoms with van der Waals surface area (Å²) in [5.74, 6) is 0.253. The molecule has 0 aromatic carbocycles. The monoisotopic (exact) mass is 235 g/mol. The maximum Gasteiger partial charge on any atom is 0.281 e. The highest BCUT2D eigenvalue weighted by molar-refractivity contribution is 6.67. The Kier molecular flexibility index (Phi) is 3.57. The summed E-state index contributed by atoms with van der Waals surface area (Å²) in [6.07, 6.45) is -2.84. The number of pyridine rings is 1. The predicted octanol–water partition coefficient (Wildman–Crippen LogP) is 2.72. The fourth-order valence-corrected chi connectivity index (χ4v) is 1.29. The third-order valence-corrected chi connectivity index (χ3v) is 2.04. The van der Waals surface area contributed by atoms with Crippen LogP contribution in [-0.2, 0) is 0 Å². The number of rotatable bonds is 3. The number of halogens is 3. The van der Waals surface area contributed by atoms with Gasteiger partial charge in [-0.2, -0.15) is 0 Å². The van der Waals surface area contributed by atoms with Crippen LogP contribution in [0.3, 0.4) is 0 Å². The molecule has 0 fully saturated rings. The number of ether oxygens (including phenoxy) is 1. The van der Waals surface area contributed by atoms with E-state index in [-0.39, 0.29) is 17.0 Å². The predicted molar refractivity (Wildman–Crippen MR) is 50.7 cm³/mol. The first-order valence-corrected chi connectivity index (χ1v) is 4.38. The molecule has 0 bridgehead atoms. The van der Waals surface area contributed by atoms with E-state index in [1.165, 1.54) is 20.1 Å². The maximum absolute atomic E-state index is 12.5. The largest absolute Gasteiger partial charge is 0.495 e. The first-order valence-electron chi connectivity index (χ1n) is 4.01. The Balaban J connectivity index is 3.39. The lowest BCUT2D eigenvalue weighted by molar-refractivity contribution is 0.106. The summed E-state index contributed by atoms with van der Waals surface area (Å²) in [6.45, 7) is 1.51. The Bertz CT molecular complexity index is 396. The summed E-state index contributed by atoms with van der Waals surface area (Å²) in [5, 5.41) is -0.976. The fourth-order valence-electron chi connectivity index (χ4n) is 1.14. The first kappa shape index (κ1) is 11.8. The molecule has 0 radical (unpaired) electrons. The van der Waals surface area contributed by atoms with Gasteiger partial charge in [0.05, 0.1) is 18.4 Å². The van der Waals surface area contributed by atoms with Gasteiger partial charge in [0.25, 0.3) is 11.7 Å². The lowest BCUT2D eigenvalue weighted by Crippen LogP contribution is -2.05. The average Bonchev–Trinajstić information content (AvgIpc) is 2.16. The van der Waals surface area contributed by atoms with Crippen molar-refractivity contribution in [1.29, 1.82) is 0 Å². The molecular formula is C9H8ClF2NO2. The van der Waals surface area contributed by atoms with E-state index in [9.17, 15) is 13.6 Å². The quantitative estimate of drug-likeness (QED) is 0.756. The Labute approximate surface area is 90.0 Å². The number of hydrogen-bond acceptors (Lipinski definition) is 3. The van der Waals surface area contributed by atoms with Crippen LogP contribution in [0.4, 0.5) is 8.78 Å². The van der Waals surface area contributed by atoms with Crippen molar-refractivity contribution in [2.24, 2.45) is 0 Å². The van der Waals surface area contributed by atoms with E-state index in [1.807, 2.05) is 0 Å².